The van der Waals surface area contributed by atoms with Crippen LogP contribution in [0.25, 0.3) is 11.3 Å². The molecule has 0 saturated heterocycles. The largest absolute Gasteiger partial charge is 0.348 e. The standard InChI is InChI=1S/C26H42N2S/c1-6-10-12-22(8-3)18-28(19-23(9-4)13-11-7-2)26-27-25(20-29-26)24-16-14-21(5)15-17-24/h14-17,20,22-23H,6-13,18-19H2,1-5H3. The van der Waals surface area contributed by atoms with Crippen molar-refractivity contribution in [3.8, 4) is 11.3 Å². The molecule has 2 aromatic rings. The Kier molecular flexibility index (Phi) is 10.8. The van der Waals surface area contributed by atoms with Crippen LogP contribution in [0.4, 0.5) is 5.13 Å². The van der Waals surface area contributed by atoms with Gasteiger partial charge in [0.15, 0.2) is 5.13 Å². The Balaban J connectivity index is 2.19. The molecule has 1 aromatic heterocycles. The summed E-state index contributed by atoms with van der Waals surface area (Å²) in [6.07, 6.45) is 10.5. The van der Waals surface area contributed by atoms with Gasteiger partial charge in [0.2, 0.25) is 0 Å². The summed E-state index contributed by atoms with van der Waals surface area (Å²) in [4.78, 5) is 7.71. The molecule has 2 rings (SSSR count). The quantitative estimate of drug-likeness (QED) is 0.309. The molecule has 2 atom stereocenters. The van der Waals surface area contributed by atoms with Gasteiger partial charge >= 0.3 is 0 Å². The average Bonchev–Trinajstić information content (AvgIpc) is 3.23. The van der Waals surface area contributed by atoms with E-state index in [1.165, 1.54) is 67.6 Å². The van der Waals surface area contributed by atoms with Gasteiger partial charge < -0.3 is 4.90 Å². The van der Waals surface area contributed by atoms with Gasteiger partial charge in [0, 0.05) is 24.0 Å². The van der Waals surface area contributed by atoms with Crippen LogP contribution >= 0.6 is 11.3 Å². The summed E-state index contributed by atoms with van der Waals surface area (Å²) in [6.45, 7) is 13.8. The highest BCUT2D eigenvalue weighted by Gasteiger charge is 2.20. The smallest absolute Gasteiger partial charge is 0.185 e. The van der Waals surface area contributed by atoms with E-state index < -0.39 is 0 Å². The first kappa shape index (κ1) is 23.9. The molecular formula is C26H42N2S. The van der Waals surface area contributed by atoms with Crippen molar-refractivity contribution >= 4 is 16.5 Å². The molecule has 0 bridgehead atoms. The van der Waals surface area contributed by atoms with Gasteiger partial charge in [0.05, 0.1) is 5.69 Å². The number of thiazole rings is 1. The second kappa shape index (κ2) is 13.1. The number of hydrogen-bond acceptors (Lipinski definition) is 3. The van der Waals surface area contributed by atoms with Gasteiger partial charge in [-0.05, 0) is 31.6 Å². The normalized spacial score (nSPS) is 13.4. The van der Waals surface area contributed by atoms with Gasteiger partial charge in [-0.1, -0.05) is 96.0 Å². The fraction of sp³-hybridized carbons (Fsp3) is 0.654. The molecule has 29 heavy (non-hydrogen) atoms. The van der Waals surface area contributed by atoms with Gasteiger partial charge in [-0.15, -0.1) is 11.3 Å². The second-order valence-electron chi connectivity index (χ2n) is 8.62. The van der Waals surface area contributed by atoms with E-state index in [0.29, 0.717) is 0 Å². The molecule has 0 aliphatic carbocycles. The Morgan fingerprint density at radius 3 is 1.90 bits per heavy atom. The van der Waals surface area contributed by atoms with Crippen molar-refractivity contribution < 1.29 is 0 Å². The van der Waals surface area contributed by atoms with Crippen molar-refractivity contribution in [1.82, 2.24) is 4.98 Å². The molecule has 0 aliphatic heterocycles. The molecular weight excluding hydrogens is 372 g/mol. The Bertz CT molecular complexity index is 658. The maximum atomic E-state index is 5.09. The Labute approximate surface area is 183 Å². The number of nitrogens with zero attached hydrogens (tertiary/aromatic N) is 2. The molecule has 1 aromatic carbocycles. The van der Waals surface area contributed by atoms with E-state index in [1.807, 2.05) is 11.3 Å². The fourth-order valence-electron chi connectivity index (χ4n) is 3.96. The number of rotatable bonds is 14. The minimum Gasteiger partial charge on any atom is -0.348 e. The van der Waals surface area contributed by atoms with Crippen LogP contribution in [0.5, 0.6) is 0 Å². The number of anilines is 1. The number of aryl methyl sites for hydroxylation is 1. The lowest BCUT2D eigenvalue weighted by molar-refractivity contribution is 0.403. The van der Waals surface area contributed by atoms with E-state index in [4.69, 9.17) is 4.98 Å². The van der Waals surface area contributed by atoms with Crippen LogP contribution < -0.4 is 4.90 Å². The molecule has 162 valence electrons. The summed E-state index contributed by atoms with van der Waals surface area (Å²) in [5.74, 6) is 1.54. The third-order valence-corrected chi connectivity index (χ3v) is 7.06. The van der Waals surface area contributed by atoms with Gasteiger partial charge in [-0.2, -0.15) is 0 Å². The van der Waals surface area contributed by atoms with E-state index in [-0.39, 0.29) is 0 Å². The van der Waals surface area contributed by atoms with E-state index in [1.54, 1.807) is 0 Å². The lowest BCUT2D eigenvalue weighted by Gasteiger charge is -2.30. The van der Waals surface area contributed by atoms with Crippen LogP contribution in [0.3, 0.4) is 0 Å². The lowest BCUT2D eigenvalue weighted by atomic mass is 9.96. The Morgan fingerprint density at radius 2 is 1.41 bits per heavy atom. The Hall–Kier alpha value is -1.35. The SMILES string of the molecule is CCCCC(CC)CN(CC(CC)CCCC)c1nc(-c2ccc(C)cc2)cs1. The van der Waals surface area contributed by atoms with Crippen LogP contribution in [0.15, 0.2) is 29.6 Å². The average molecular weight is 415 g/mol. The second-order valence-corrected chi connectivity index (χ2v) is 9.46. The fourth-order valence-corrected chi connectivity index (χ4v) is 4.81. The topological polar surface area (TPSA) is 16.1 Å². The number of unbranched alkanes of at least 4 members (excludes halogenated alkanes) is 2. The first-order valence-electron chi connectivity index (χ1n) is 11.9. The van der Waals surface area contributed by atoms with Crippen molar-refractivity contribution in [2.45, 2.75) is 86.0 Å². The van der Waals surface area contributed by atoms with Gasteiger partial charge in [-0.3, -0.25) is 0 Å². The molecule has 0 fully saturated rings. The molecule has 0 spiro atoms. The van der Waals surface area contributed by atoms with Crippen molar-refractivity contribution in [2.75, 3.05) is 18.0 Å². The van der Waals surface area contributed by atoms with Crippen molar-refractivity contribution in [1.29, 1.82) is 0 Å². The molecule has 2 unspecified atom stereocenters. The highest BCUT2D eigenvalue weighted by molar-refractivity contribution is 7.14. The number of aromatic nitrogens is 1. The lowest BCUT2D eigenvalue weighted by Crippen LogP contribution is -2.34. The van der Waals surface area contributed by atoms with Gasteiger partial charge in [0.1, 0.15) is 0 Å². The van der Waals surface area contributed by atoms with Gasteiger partial charge in [-0.25, -0.2) is 4.98 Å². The Morgan fingerprint density at radius 1 is 0.862 bits per heavy atom. The first-order valence-corrected chi connectivity index (χ1v) is 12.8. The van der Waals surface area contributed by atoms with E-state index in [9.17, 15) is 0 Å². The monoisotopic (exact) mass is 414 g/mol. The van der Waals surface area contributed by atoms with Crippen molar-refractivity contribution in [3.05, 3.63) is 35.2 Å². The summed E-state index contributed by atoms with van der Waals surface area (Å²) >= 11 is 1.82. The first-order chi connectivity index (χ1) is 14.1. The maximum Gasteiger partial charge on any atom is 0.185 e. The summed E-state index contributed by atoms with van der Waals surface area (Å²) in [6, 6.07) is 8.76. The van der Waals surface area contributed by atoms with E-state index in [2.05, 4.69) is 69.2 Å². The molecule has 0 aliphatic rings. The zero-order chi connectivity index (χ0) is 21.1. The molecule has 0 N–H and O–H groups in total. The molecule has 0 saturated carbocycles. The van der Waals surface area contributed by atoms with Crippen molar-refractivity contribution in [3.63, 3.8) is 0 Å². The molecule has 2 nitrogen and oxygen atoms in total. The summed E-state index contributed by atoms with van der Waals surface area (Å²) in [5.41, 5.74) is 3.65. The van der Waals surface area contributed by atoms with E-state index in [0.717, 1.165) is 30.6 Å². The number of benzene rings is 1. The van der Waals surface area contributed by atoms with Gasteiger partial charge in [0.25, 0.3) is 0 Å². The molecule has 0 radical (unpaired) electrons. The molecule has 3 heteroatoms. The minimum atomic E-state index is 0.769. The van der Waals surface area contributed by atoms with Crippen LogP contribution in [-0.2, 0) is 0 Å². The summed E-state index contributed by atoms with van der Waals surface area (Å²) in [7, 11) is 0. The predicted molar refractivity (Wildman–Crippen MR) is 131 cm³/mol. The van der Waals surface area contributed by atoms with Crippen LogP contribution in [0.1, 0.15) is 84.6 Å². The highest BCUT2D eigenvalue weighted by atomic mass is 32.1. The highest BCUT2D eigenvalue weighted by Crippen LogP contribution is 2.30. The van der Waals surface area contributed by atoms with Crippen LogP contribution in [0, 0.1) is 18.8 Å². The van der Waals surface area contributed by atoms with Crippen LogP contribution in [-0.4, -0.2) is 18.1 Å². The zero-order valence-electron chi connectivity index (χ0n) is 19.4. The zero-order valence-corrected chi connectivity index (χ0v) is 20.2. The number of hydrogen-bond donors (Lipinski definition) is 0. The summed E-state index contributed by atoms with van der Waals surface area (Å²) < 4.78 is 0. The third-order valence-electron chi connectivity index (χ3n) is 6.15. The van der Waals surface area contributed by atoms with E-state index >= 15 is 0 Å². The summed E-state index contributed by atoms with van der Waals surface area (Å²) in [5, 5.41) is 3.46. The third kappa shape index (κ3) is 7.77. The molecule has 1 heterocycles. The predicted octanol–water partition coefficient (Wildman–Crippen LogP) is 8.36. The van der Waals surface area contributed by atoms with Crippen LogP contribution in [0.2, 0.25) is 0 Å². The molecule has 0 amide bonds. The minimum absolute atomic E-state index is 0.769. The maximum absolute atomic E-state index is 5.09. The van der Waals surface area contributed by atoms with Crippen molar-refractivity contribution in [2.24, 2.45) is 11.8 Å².